The normalized spacial score (nSPS) is 14.3. The van der Waals surface area contributed by atoms with E-state index < -0.39 is 5.54 Å². The lowest BCUT2D eigenvalue weighted by Crippen LogP contribution is -2.88. The predicted molar refractivity (Wildman–Crippen MR) is 103 cm³/mol. The summed E-state index contributed by atoms with van der Waals surface area (Å²) in [6.07, 6.45) is 0. The van der Waals surface area contributed by atoms with Crippen molar-refractivity contribution in [3.63, 3.8) is 0 Å². The lowest BCUT2D eigenvalue weighted by Gasteiger charge is -2.27. The van der Waals surface area contributed by atoms with E-state index >= 15 is 0 Å². The van der Waals surface area contributed by atoms with Crippen LogP contribution in [0.25, 0.3) is 0 Å². The molecule has 3 N–H and O–H groups in total. The van der Waals surface area contributed by atoms with Crippen LogP contribution in [0.4, 0.5) is 0 Å². The van der Waals surface area contributed by atoms with Gasteiger partial charge in [0.1, 0.15) is 11.6 Å². The molecule has 136 valence electrons. The molecule has 0 fully saturated rings. The molecule has 1 amide bonds. The van der Waals surface area contributed by atoms with Crippen LogP contribution in [0.1, 0.15) is 43.5 Å². The molecule has 0 aliphatic heterocycles. The molecular formula is C22H28N3O+. The SMILES string of the molecule is Cc1ccc([C@@H]([NH2+]CC(=O)N[C@@](C)(C#N)C(C)C)c2ccccc2)cc1. The Morgan fingerprint density at radius 3 is 2.23 bits per heavy atom. The van der Waals surface area contributed by atoms with E-state index in [2.05, 4.69) is 54.7 Å². The van der Waals surface area contributed by atoms with E-state index in [1.807, 2.05) is 37.4 Å². The maximum Gasteiger partial charge on any atom is 0.276 e. The number of benzene rings is 2. The van der Waals surface area contributed by atoms with Crippen LogP contribution < -0.4 is 10.6 Å². The van der Waals surface area contributed by atoms with E-state index in [0.717, 1.165) is 11.1 Å². The summed E-state index contributed by atoms with van der Waals surface area (Å²) in [5, 5.41) is 14.3. The van der Waals surface area contributed by atoms with E-state index in [1.165, 1.54) is 5.56 Å². The van der Waals surface area contributed by atoms with Gasteiger partial charge in [-0.05, 0) is 19.8 Å². The van der Waals surface area contributed by atoms with Crippen molar-refractivity contribution in [2.24, 2.45) is 5.92 Å². The zero-order chi connectivity index (χ0) is 19.2. The van der Waals surface area contributed by atoms with Crippen molar-refractivity contribution in [2.75, 3.05) is 6.54 Å². The third kappa shape index (κ3) is 4.93. The van der Waals surface area contributed by atoms with Gasteiger partial charge in [-0.15, -0.1) is 0 Å². The van der Waals surface area contributed by atoms with E-state index in [-0.39, 0.29) is 24.4 Å². The van der Waals surface area contributed by atoms with Crippen LogP contribution in [0.5, 0.6) is 0 Å². The summed E-state index contributed by atoms with van der Waals surface area (Å²) in [6, 6.07) is 20.8. The quantitative estimate of drug-likeness (QED) is 0.806. The Labute approximate surface area is 156 Å². The number of hydrogen-bond donors (Lipinski definition) is 2. The molecule has 0 heterocycles. The fourth-order valence-electron chi connectivity index (χ4n) is 2.77. The number of quaternary nitrogens is 1. The number of rotatable bonds is 7. The molecule has 4 heteroatoms. The molecule has 0 aliphatic rings. The second kappa shape index (κ2) is 8.64. The Morgan fingerprint density at radius 2 is 1.69 bits per heavy atom. The summed E-state index contributed by atoms with van der Waals surface area (Å²) >= 11 is 0. The molecule has 2 aromatic rings. The molecule has 2 atom stereocenters. The van der Waals surface area contributed by atoms with E-state index in [0.29, 0.717) is 0 Å². The smallest absolute Gasteiger partial charge is 0.276 e. The summed E-state index contributed by atoms with van der Waals surface area (Å²) < 4.78 is 0. The number of nitrogens with zero attached hydrogens (tertiary/aromatic N) is 1. The molecule has 0 saturated heterocycles. The first-order valence-electron chi connectivity index (χ1n) is 9.03. The van der Waals surface area contributed by atoms with E-state index in [1.54, 1.807) is 6.92 Å². The van der Waals surface area contributed by atoms with Crippen molar-refractivity contribution in [3.8, 4) is 6.07 Å². The van der Waals surface area contributed by atoms with Gasteiger partial charge in [0.2, 0.25) is 0 Å². The Hall–Kier alpha value is -2.64. The van der Waals surface area contributed by atoms with Gasteiger partial charge in [0.25, 0.3) is 5.91 Å². The molecule has 0 aromatic heterocycles. The van der Waals surface area contributed by atoms with Gasteiger partial charge < -0.3 is 10.6 Å². The van der Waals surface area contributed by atoms with Gasteiger partial charge in [0.05, 0.1) is 6.07 Å². The Morgan fingerprint density at radius 1 is 1.12 bits per heavy atom. The lowest BCUT2D eigenvalue weighted by atomic mass is 9.90. The van der Waals surface area contributed by atoms with E-state index in [4.69, 9.17) is 0 Å². The van der Waals surface area contributed by atoms with Crippen molar-refractivity contribution >= 4 is 5.91 Å². The molecule has 2 rings (SSSR count). The predicted octanol–water partition coefficient (Wildman–Crippen LogP) is 2.70. The molecule has 26 heavy (non-hydrogen) atoms. The molecule has 0 spiro atoms. The molecule has 0 aliphatic carbocycles. The summed E-state index contributed by atoms with van der Waals surface area (Å²) in [5.41, 5.74) is 2.66. The van der Waals surface area contributed by atoms with E-state index in [9.17, 15) is 10.1 Å². The van der Waals surface area contributed by atoms with Crippen LogP contribution in [0.3, 0.4) is 0 Å². The number of nitriles is 1. The number of hydrogen-bond acceptors (Lipinski definition) is 2. The van der Waals surface area contributed by atoms with Crippen LogP contribution in [0.2, 0.25) is 0 Å². The minimum Gasteiger partial charge on any atom is -0.333 e. The lowest BCUT2D eigenvalue weighted by molar-refractivity contribution is -0.676. The minimum atomic E-state index is -0.850. The number of carbonyl (C=O) groups excluding carboxylic acids is 1. The largest absolute Gasteiger partial charge is 0.333 e. The summed E-state index contributed by atoms with van der Waals surface area (Å²) in [5.74, 6) is -0.0886. The fraction of sp³-hybridized carbons (Fsp3) is 0.364. The first kappa shape index (κ1) is 19.7. The topological polar surface area (TPSA) is 69.5 Å². The number of aryl methyl sites for hydroxylation is 1. The highest BCUT2D eigenvalue weighted by atomic mass is 16.2. The van der Waals surface area contributed by atoms with Gasteiger partial charge in [-0.3, -0.25) is 4.79 Å². The van der Waals surface area contributed by atoms with Crippen LogP contribution in [-0.4, -0.2) is 18.0 Å². The van der Waals surface area contributed by atoms with Gasteiger partial charge >= 0.3 is 0 Å². The van der Waals surface area contributed by atoms with Crippen molar-refractivity contribution in [2.45, 2.75) is 39.3 Å². The molecule has 2 aromatic carbocycles. The molecule has 0 saturated carbocycles. The Kier molecular flexibility index (Phi) is 6.54. The van der Waals surface area contributed by atoms with Gasteiger partial charge in [-0.2, -0.15) is 5.26 Å². The molecule has 0 radical (unpaired) electrons. The van der Waals surface area contributed by atoms with Crippen molar-refractivity contribution < 1.29 is 10.1 Å². The zero-order valence-corrected chi connectivity index (χ0v) is 16.0. The fourth-order valence-corrected chi connectivity index (χ4v) is 2.77. The number of amides is 1. The number of nitrogens with two attached hydrogens (primary N) is 1. The van der Waals surface area contributed by atoms with Crippen molar-refractivity contribution in [1.82, 2.24) is 5.32 Å². The first-order chi connectivity index (χ1) is 12.4. The van der Waals surface area contributed by atoms with Crippen LogP contribution in [0, 0.1) is 24.2 Å². The van der Waals surface area contributed by atoms with Gasteiger partial charge in [0.15, 0.2) is 6.54 Å². The third-order valence-corrected chi connectivity index (χ3v) is 4.92. The number of carbonyl (C=O) groups is 1. The van der Waals surface area contributed by atoms with Gasteiger partial charge in [-0.25, -0.2) is 0 Å². The Bertz CT molecular complexity index is 762. The maximum absolute atomic E-state index is 12.4. The highest BCUT2D eigenvalue weighted by molar-refractivity contribution is 5.78. The average molecular weight is 350 g/mol. The molecule has 4 nitrogen and oxygen atoms in total. The molecule has 0 unspecified atom stereocenters. The standard InChI is InChI=1S/C22H27N3O/c1-16(2)22(4,15-23)25-20(26)14-24-21(18-8-6-5-7-9-18)19-12-10-17(3)11-13-19/h5-13,16,21,24H,14H2,1-4H3,(H,25,26)/p+1/t21-,22-/m0/s1. The monoisotopic (exact) mass is 350 g/mol. The highest BCUT2D eigenvalue weighted by Gasteiger charge is 2.30. The van der Waals surface area contributed by atoms with Crippen LogP contribution in [-0.2, 0) is 4.79 Å². The van der Waals surface area contributed by atoms with Crippen molar-refractivity contribution in [3.05, 3.63) is 71.3 Å². The second-order valence-electron chi connectivity index (χ2n) is 7.26. The Balaban J connectivity index is 2.14. The number of nitrogens with one attached hydrogen (secondary N) is 1. The van der Waals surface area contributed by atoms with Crippen LogP contribution >= 0.6 is 0 Å². The summed E-state index contributed by atoms with van der Waals surface area (Å²) in [6.45, 7) is 7.97. The summed E-state index contributed by atoms with van der Waals surface area (Å²) in [4.78, 5) is 12.4. The summed E-state index contributed by atoms with van der Waals surface area (Å²) in [7, 11) is 0. The van der Waals surface area contributed by atoms with Crippen molar-refractivity contribution in [1.29, 1.82) is 5.26 Å². The zero-order valence-electron chi connectivity index (χ0n) is 16.0. The van der Waals surface area contributed by atoms with Gasteiger partial charge in [-0.1, -0.05) is 74.0 Å². The second-order valence-corrected chi connectivity index (χ2v) is 7.26. The maximum atomic E-state index is 12.4. The average Bonchev–Trinajstić information content (AvgIpc) is 2.64. The highest BCUT2D eigenvalue weighted by Crippen LogP contribution is 2.19. The third-order valence-electron chi connectivity index (χ3n) is 4.92. The molecule has 0 bridgehead atoms. The van der Waals surface area contributed by atoms with Gasteiger partial charge in [0, 0.05) is 11.1 Å². The minimum absolute atomic E-state index is 0.0370. The van der Waals surface area contributed by atoms with Crippen LogP contribution in [0.15, 0.2) is 54.6 Å². The first-order valence-corrected chi connectivity index (χ1v) is 9.03. The molecular weight excluding hydrogens is 322 g/mol.